The zero-order valence-electron chi connectivity index (χ0n) is 16.7. The van der Waals surface area contributed by atoms with E-state index in [2.05, 4.69) is 17.0 Å². The van der Waals surface area contributed by atoms with Crippen molar-refractivity contribution >= 4 is 17.4 Å². The molecule has 166 valence electrons. The summed E-state index contributed by atoms with van der Waals surface area (Å²) in [6.07, 6.45) is 2.78. The predicted molar refractivity (Wildman–Crippen MR) is 106 cm³/mol. The van der Waals surface area contributed by atoms with Crippen LogP contribution in [0.2, 0.25) is 0 Å². The number of hydrogen-bond donors (Lipinski definition) is 2. The molecule has 1 aliphatic heterocycles. The summed E-state index contributed by atoms with van der Waals surface area (Å²) < 4.78 is 37.1. The third-order valence-corrected chi connectivity index (χ3v) is 5.05. The van der Waals surface area contributed by atoms with Gasteiger partial charge in [-0.2, -0.15) is 13.2 Å². The molecule has 0 saturated carbocycles. The third-order valence-electron chi connectivity index (χ3n) is 5.05. The van der Waals surface area contributed by atoms with E-state index in [9.17, 15) is 18.0 Å². The van der Waals surface area contributed by atoms with Crippen LogP contribution >= 0.6 is 0 Å². The second kappa shape index (κ2) is 11.1. The van der Waals surface area contributed by atoms with Gasteiger partial charge in [-0.3, -0.25) is 9.69 Å². The lowest BCUT2D eigenvalue weighted by molar-refractivity contribution is -0.192. The van der Waals surface area contributed by atoms with Gasteiger partial charge in [0, 0.05) is 25.2 Å². The molecule has 1 amide bonds. The summed E-state index contributed by atoms with van der Waals surface area (Å²) in [7, 11) is 0. The van der Waals surface area contributed by atoms with Gasteiger partial charge in [-0.05, 0) is 54.9 Å². The number of ether oxygens (including phenoxy) is 1. The smallest absolute Gasteiger partial charge is 0.475 e. The van der Waals surface area contributed by atoms with E-state index < -0.39 is 12.1 Å². The quantitative estimate of drug-likeness (QED) is 0.751. The average molecular weight is 428 g/mol. The fourth-order valence-electron chi connectivity index (χ4n) is 3.42. The number of aliphatic carboxylic acids is 1. The van der Waals surface area contributed by atoms with E-state index >= 15 is 0 Å². The van der Waals surface area contributed by atoms with Gasteiger partial charge in [0.25, 0.3) is 0 Å². The molecule has 0 aromatic heterocycles. The molecular weight excluding hydrogens is 401 g/mol. The van der Waals surface area contributed by atoms with Crippen LogP contribution in [0.1, 0.15) is 47.2 Å². The zero-order chi connectivity index (χ0) is 22.1. The van der Waals surface area contributed by atoms with Crippen LogP contribution in [0.5, 0.6) is 0 Å². The van der Waals surface area contributed by atoms with Crippen LogP contribution in [0.4, 0.5) is 13.2 Å². The lowest BCUT2D eigenvalue weighted by Crippen LogP contribution is -2.37. The van der Waals surface area contributed by atoms with E-state index in [1.54, 1.807) is 0 Å². The highest BCUT2D eigenvalue weighted by atomic mass is 19.4. The van der Waals surface area contributed by atoms with Crippen molar-refractivity contribution in [3.63, 3.8) is 0 Å². The number of allylic oxidation sites excluding steroid dienone is 2. The summed E-state index contributed by atoms with van der Waals surface area (Å²) in [5.74, 6) is -3.08. The molecule has 2 aliphatic rings. The van der Waals surface area contributed by atoms with E-state index in [1.807, 2.05) is 12.1 Å². The molecule has 0 spiro atoms. The molecule has 1 aromatic carbocycles. The number of morpholine rings is 1. The number of carboxylic acids is 1. The topological polar surface area (TPSA) is 92.9 Å². The van der Waals surface area contributed by atoms with E-state index in [-0.39, 0.29) is 5.91 Å². The van der Waals surface area contributed by atoms with Crippen LogP contribution in [-0.2, 0) is 16.0 Å². The molecule has 1 aromatic rings. The highest BCUT2D eigenvalue weighted by molar-refractivity contribution is 5.98. The number of halogens is 3. The number of primary amides is 1. The molecule has 0 unspecified atom stereocenters. The molecule has 1 saturated heterocycles. The molecule has 1 fully saturated rings. The summed E-state index contributed by atoms with van der Waals surface area (Å²) in [5.41, 5.74) is 9.86. The molecule has 3 rings (SSSR count). The Hall–Kier alpha value is -2.39. The van der Waals surface area contributed by atoms with Crippen molar-refractivity contribution in [1.82, 2.24) is 4.90 Å². The minimum atomic E-state index is -5.08. The van der Waals surface area contributed by atoms with Gasteiger partial charge < -0.3 is 15.6 Å². The first-order chi connectivity index (χ1) is 14.2. The van der Waals surface area contributed by atoms with Crippen molar-refractivity contribution in [2.75, 3.05) is 32.8 Å². The first-order valence-corrected chi connectivity index (χ1v) is 9.91. The largest absolute Gasteiger partial charge is 0.490 e. The Morgan fingerprint density at radius 2 is 1.83 bits per heavy atom. The second-order valence-electron chi connectivity index (χ2n) is 7.23. The maximum absolute atomic E-state index is 11.8. The highest BCUT2D eigenvalue weighted by Gasteiger charge is 2.38. The number of hydrogen-bond acceptors (Lipinski definition) is 4. The number of benzene rings is 1. The molecule has 30 heavy (non-hydrogen) atoms. The van der Waals surface area contributed by atoms with E-state index in [1.165, 1.54) is 24.0 Å². The molecule has 6 nitrogen and oxygen atoms in total. The molecule has 1 heterocycles. The fraction of sp³-hybridized carbons (Fsp3) is 0.524. The standard InChI is InChI=1S/C19H26N2O2.C2HF3O2/c20-19(22)17-7-6-15(8-9-21-10-12-23-13-11-21)14-18(17)16-4-2-1-3-5-16;3-2(4,5)1(6)7/h4,6-7,14H,1-3,5,8-13H2,(H2,20,22);(H,6,7). The third kappa shape index (κ3) is 7.46. The monoisotopic (exact) mass is 428 g/mol. The second-order valence-corrected chi connectivity index (χ2v) is 7.23. The number of carbonyl (C=O) groups excluding carboxylic acids is 1. The average Bonchev–Trinajstić information content (AvgIpc) is 2.73. The summed E-state index contributed by atoms with van der Waals surface area (Å²) in [6, 6.07) is 6.13. The van der Waals surface area contributed by atoms with Crippen molar-refractivity contribution in [3.8, 4) is 0 Å². The van der Waals surface area contributed by atoms with Gasteiger partial charge in [-0.1, -0.05) is 18.2 Å². The van der Waals surface area contributed by atoms with Crippen LogP contribution in [0.25, 0.3) is 5.57 Å². The van der Waals surface area contributed by atoms with E-state index in [4.69, 9.17) is 20.4 Å². The van der Waals surface area contributed by atoms with Crippen LogP contribution in [0.15, 0.2) is 24.3 Å². The van der Waals surface area contributed by atoms with Crippen LogP contribution < -0.4 is 5.73 Å². The highest BCUT2D eigenvalue weighted by Crippen LogP contribution is 2.30. The molecule has 0 radical (unpaired) electrons. The van der Waals surface area contributed by atoms with Crippen molar-refractivity contribution in [3.05, 3.63) is 41.0 Å². The van der Waals surface area contributed by atoms with Gasteiger partial charge >= 0.3 is 12.1 Å². The summed E-state index contributed by atoms with van der Waals surface area (Å²) in [6.45, 7) is 4.73. The van der Waals surface area contributed by atoms with Gasteiger partial charge in [0.15, 0.2) is 0 Å². The Labute approximate surface area is 173 Å². The van der Waals surface area contributed by atoms with E-state index in [0.29, 0.717) is 5.56 Å². The predicted octanol–water partition coefficient (Wildman–Crippen LogP) is 3.25. The number of carboxylic acid groups (broad SMARTS) is 1. The first-order valence-electron chi connectivity index (χ1n) is 9.91. The van der Waals surface area contributed by atoms with Crippen molar-refractivity contribution in [1.29, 1.82) is 0 Å². The number of nitrogens with two attached hydrogens (primary N) is 1. The van der Waals surface area contributed by atoms with Crippen molar-refractivity contribution < 1.29 is 32.6 Å². The molecule has 9 heteroatoms. The normalized spacial score (nSPS) is 17.5. The molecule has 1 aliphatic carbocycles. The molecule has 0 bridgehead atoms. The van der Waals surface area contributed by atoms with Crippen molar-refractivity contribution in [2.24, 2.45) is 5.73 Å². The number of amides is 1. The molecule has 0 atom stereocenters. The number of carbonyl (C=O) groups is 2. The SMILES string of the molecule is NC(=O)c1ccc(CCN2CCOCC2)cc1C1=CCCCC1.O=C(O)C(F)(F)F. The minimum Gasteiger partial charge on any atom is -0.475 e. The van der Waals surface area contributed by atoms with E-state index in [0.717, 1.165) is 57.7 Å². The Balaban J connectivity index is 0.000000396. The van der Waals surface area contributed by atoms with Gasteiger partial charge in [0.1, 0.15) is 0 Å². The fourth-order valence-corrected chi connectivity index (χ4v) is 3.42. The Kier molecular flexibility index (Phi) is 8.86. The van der Waals surface area contributed by atoms with Crippen LogP contribution in [0, 0.1) is 0 Å². The molecule has 3 N–H and O–H groups in total. The Bertz CT molecular complexity index is 772. The maximum Gasteiger partial charge on any atom is 0.490 e. The summed E-state index contributed by atoms with van der Waals surface area (Å²) in [4.78, 5) is 23.1. The maximum atomic E-state index is 11.8. The lowest BCUT2D eigenvalue weighted by Gasteiger charge is -2.26. The van der Waals surface area contributed by atoms with Crippen molar-refractivity contribution in [2.45, 2.75) is 38.3 Å². The zero-order valence-corrected chi connectivity index (χ0v) is 16.7. The Morgan fingerprint density at radius 3 is 2.37 bits per heavy atom. The molecular formula is C21H27F3N2O4. The first kappa shape index (κ1) is 23.9. The van der Waals surface area contributed by atoms with Gasteiger partial charge in [-0.25, -0.2) is 4.79 Å². The van der Waals surface area contributed by atoms with Crippen LogP contribution in [0.3, 0.4) is 0 Å². The van der Waals surface area contributed by atoms with Crippen LogP contribution in [-0.4, -0.2) is 60.9 Å². The summed E-state index contributed by atoms with van der Waals surface area (Å²) in [5, 5.41) is 7.12. The van der Waals surface area contributed by atoms with Gasteiger partial charge in [-0.15, -0.1) is 0 Å². The lowest BCUT2D eigenvalue weighted by atomic mass is 9.89. The van der Waals surface area contributed by atoms with Gasteiger partial charge in [0.05, 0.1) is 13.2 Å². The van der Waals surface area contributed by atoms with Gasteiger partial charge in [0.2, 0.25) is 5.91 Å². The minimum absolute atomic E-state index is 0.328. The summed E-state index contributed by atoms with van der Waals surface area (Å²) >= 11 is 0. The number of nitrogens with zero attached hydrogens (tertiary/aromatic N) is 1. The number of alkyl halides is 3. The number of rotatable bonds is 5. The Morgan fingerprint density at radius 1 is 1.17 bits per heavy atom.